The zero-order valence-corrected chi connectivity index (χ0v) is 24.5. The van der Waals surface area contributed by atoms with Gasteiger partial charge < -0.3 is 0 Å². The third-order valence-corrected chi connectivity index (χ3v) is 13.7. The molecule has 0 aliphatic carbocycles. The van der Waals surface area contributed by atoms with Crippen molar-refractivity contribution in [2.24, 2.45) is 5.41 Å². The quantitative estimate of drug-likeness (QED) is 0.214. The monoisotopic (exact) mass is 564 g/mol. The van der Waals surface area contributed by atoms with E-state index in [0.717, 1.165) is 0 Å². The van der Waals surface area contributed by atoms with Crippen LogP contribution in [-0.2, 0) is 54.9 Å². The number of hydrogen-bond acceptors (Lipinski definition) is 11. The van der Waals surface area contributed by atoms with Gasteiger partial charge in [-0.25, -0.2) is 0 Å². The minimum absolute atomic E-state index is 0.111. The summed E-state index contributed by atoms with van der Waals surface area (Å²) in [4.78, 5) is 0. The van der Waals surface area contributed by atoms with Gasteiger partial charge in [-0.15, -0.1) is 0 Å². The molecule has 0 spiro atoms. The molecule has 2 rings (SSSR count). The molecule has 14 heteroatoms. The molecule has 0 saturated heterocycles. The van der Waals surface area contributed by atoms with Crippen molar-refractivity contribution < 1.29 is 40.3 Å². The van der Waals surface area contributed by atoms with Crippen molar-refractivity contribution in [1.29, 1.82) is 0 Å². The van der Waals surface area contributed by atoms with Gasteiger partial charge in [-0.1, -0.05) is 0 Å². The summed E-state index contributed by atoms with van der Waals surface area (Å²) < 4.78 is 54.6. The van der Waals surface area contributed by atoms with Crippen LogP contribution < -0.4 is 9.05 Å². The van der Waals surface area contributed by atoms with Crippen molar-refractivity contribution in [3.05, 3.63) is 24.3 Å². The predicted octanol–water partition coefficient (Wildman–Crippen LogP) is 7.28. The number of benzene rings is 1. The van der Waals surface area contributed by atoms with E-state index in [9.17, 15) is 0 Å². The van der Waals surface area contributed by atoms with Crippen molar-refractivity contribution in [3.63, 3.8) is 0 Å². The van der Waals surface area contributed by atoms with Crippen molar-refractivity contribution >= 4 is 44.8 Å². The summed E-state index contributed by atoms with van der Waals surface area (Å²) >= 11 is 11.3. The number of fused-ring (bicyclic) bond motifs is 1. The molecule has 33 heavy (non-hydrogen) atoms. The molecule has 0 bridgehead atoms. The van der Waals surface area contributed by atoms with E-state index in [4.69, 9.17) is 63.9 Å². The molecule has 0 amide bonds. The van der Waals surface area contributed by atoms with Gasteiger partial charge in [0.05, 0.1) is 0 Å². The Morgan fingerprint density at radius 1 is 0.758 bits per heavy atom. The molecule has 0 saturated carbocycles. The number of rotatable bonds is 14. The SMILES string of the molecule is CCOP(=S)(OCC)OP1(OCC(C)(C)C)(OP(=S)(OCC)OCC)Oc2ccccc2O1. The van der Waals surface area contributed by atoms with Crippen LogP contribution in [0.15, 0.2) is 24.3 Å². The molecule has 1 aromatic carbocycles. The molecule has 0 aromatic heterocycles. The fourth-order valence-corrected chi connectivity index (χ4v) is 13.5. The van der Waals surface area contributed by atoms with Crippen LogP contribution in [0.5, 0.6) is 11.5 Å². The Morgan fingerprint density at radius 3 is 1.42 bits per heavy atom. The second kappa shape index (κ2) is 11.5. The van der Waals surface area contributed by atoms with Crippen molar-refractivity contribution in [2.45, 2.75) is 48.5 Å². The Hall–Kier alpha value is 0.270. The Bertz CT molecular complexity index is 813. The summed E-state index contributed by atoms with van der Waals surface area (Å²) in [6.45, 7) is 7.07. The van der Waals surface area contributed by atoms with Crippen LogP contribution in [0, 0.1) is 5.41 Å². The van der Waals surface area contributed by atoms with Gasteiger partial charge >= 0.3 is 208 Å². The van der Waals surface area contributed by atoms with E-state index in [-0.39, 0.29) is 38.4 Å². The fraction of sp³-hybridized carbons (Fsp3) is 0.684. The molecule has 192 valence electrons. The summed E-state index contributed by atoms with van der Waals surface area (Å²) in [5.41, 5.74) is -0.335. The Morgan fingerprint density at radius 2 is 1.12 bits per heavy atom. The van der Waals surface area contributed by atoms with Crippen molar-refractivity contribution in [2.75, 3.05) is 33.0 Å². The zero-order valence-electron chi connectivity index (χ0n) is 20.2. The Kier molecular flexibility index (Phi) is 10.3. The summed E-state index contributed by atoms with van der Waals surface area (Å²) in [6.07, 6.45) is 0. The van der Waals surface area contributed by atoms with Gasteiger partial charge in [0.15, 0.2) is 0 Å². The number of hydrogen-bond donors (Lipinski definition) is 0. The second-order valence-electron chi connectivity index (χ2n) is 7.94. The molecular formula is C19H35O9P3S2. The molecular weight excluding hydrogens is 529 g/mol. The Labute approximate surface area is 207 Å². The van der Waals surface area contributed by atoms with Crippen molar-refractivity contribution in [3.8, 4) is 11.5 Å². The van der Waals surface area contributed by atoms with E-state index in [1.807, 2.05) is 20.8 Å². The van der Waals surface area contributed by atoms with Crippen LogP contribution in [-0.4, -0.2) is 33.0 Å². The van der Waals surface area contributed by atoms with Crippen LogP contribution in [0.4, 0.5) is 0 Å². The molecule has 1 aromatic rings. The average Bonchev–Trinajstić information content (AvgIpc) is 3.00. The van der Waals surface area contributed by atoms with Gasteiger partial charge in [0, 0.05) is 0 Å². The van der Waals surface area contributed by atoms with Gasteiger partial charge in [-0.05, 0) is 0 Å². The molecule has 9 nitrogen and oxygen atoms in total. The van der Waals surface area contributed by atoms with E-state index in [1.54, 1.807) is 52.0 Å². The predicted molar refractivity (Wildman–Crippen MR) is 137 cm³/mol. The molecule has 0 radical (unpaired) electrons. The molecule has 1 aliphatic rings. The molecule has 0 unspecified atom stereocenters. The second-order valence-corrected chi connectivity index (χ2v) is 16.9. The summed E-state index contributed by atoms with van der Waals surface area (Å²) in [5, 5.41) is 0. The normalized spacial score (nSPS) is 18.6. The summed E-state index contributed by atoms with van der Waals surface area (Å²) in [7, 11) is -5.14. The van der Waals surface area contributed by atoms with E-state index in [0.29, 0.717) is 11.5 Å². The van der Waals surface area contributed by atoms with Gasteiger partial charge in [0.25, 0.3) is 0 Å². The van der Waals surface area contributed by atoms with E-state index >= 15 is 0 Å². The number of para-hydroxylation sites is 2. The molecule has 0 fully saturated rings. The zero-order chi connectivity index (χ0) is 24.8. The van der Waals surface area contributed by atoms with E-state index in [2.05, 4.69) is 0 Å². The maximum absolute atomic E-state index is 6.35. The van der Waals surface area contributed by atoms with Crippen LogP contribution in [0.1, 0.15) is 48.5 Å². The standard InChI is InChI=1S/C19H35O9P3S2/c1-8-20-29(32,21-9-2)27-31(24-16-19(5,6)7,28-30(33,22-10-3)23-11-4)25-17-14-12-13-15-18(17)26-31/h12-15H,8-11,16H2,1-7H3. The fourth-order valence-electron chi connectivity index (χ4n) is 2.55. The van der Waals surface area contributed by atoms with Gasteiger partial charge in [-0.3, -0.25) is 0 Å². The maximum atomic E-state index is 6.35. The van der Waals surface area contributed by atoms with E-state index < -0.39 is 21.2 Å². The summed E-state index contributed by atoms with van der Waals surface area (Å²) in [6, 6.07) is 6.97. The van der Waals surface area contributed by atoms with Crippen LogP contribution >= 0.6 is 21.2 Å². The van der Waals surface area contributed by atoms with Gasteiger partial charge in [0.1, 0.15) is 0 Å². The topological polar surface area (TPSA) is 83.1 Å². The molecule has 1 heterocycles. The van der Waals surface area contributed by atoms with Gasteiger partial charge in [-0.2, -0.15) is 0 Å². The first-order valence-electron chi connectivity index (χ1n) is 10.7. The van der Waals surface area contributed by atoms with Crippen LogP contribution in [0.3, 0.4) is 0 Å². The third kappa shape index (κ3) is 7.88. The van der Waals surface area contributed by atoms with Crippen LogP contribution in [0.2, 0.25) is 0 Å². The first-order chi connectivity index (χ1) is 15.4. The first kappa shape index (κ1) is 29.5. The van der Waals surface area contributed by atoms with E-state index in [1.165, 1.54) is 0 Å². The van der Waals surface area contributed by atoms with Crippen molar-refractivity contribution in [1.82, 2.24) is 0 Å². The average molecular weight is 565 g/mol. The molecule has 0 atom stereocenters. The Balaban J connectivity index is 2.71. The first-order valence-corrected chi connectivity index (χ1v) is 17.7. The minimum atomic E-state index is -5.14. The molecule has 0 N–H and O–H groups in total. The summed E-state index contributed by atoms with van der Waals surface area (Å²) in [5.74, 6) is 0.682. The third-order valence-electron chi connectivity index (χ3n) is 3.67. The van der Waals surface area contributed by atoms with Crippen LogP contribution in [0.25, 0.3) is 0 Å². The molecule has 1 aliphatic heterocycles. The van der Waals surface area contributed by atoms with Gasteiger partial charge in [0.2, 0.25) is 0 Å².